The third-order valence-electron chi connectivity index (χ3n) is 4.05. The Balaban J connectivity index is 2.45. The standard InChI is InChI=1S/C18H18FN3O3/c1-9(2)13-8-12(18(23)24)20-17-15(10(3)21-22(13)17)16-11(19)6-5-7-14(16)25-4/h5-9H,1-4H3,(H,23,24). The number of aryl methyl sites for hydroxylation is 1. The Morgan fingerprint density at radius 2 is 2.04 bits per heavy atom. The number of halogens is 1. The van der Waals surface area contributed by atoms with Crippen LogP contribution in [-0.2, 0) is 0 Å². The fourth-order valence-corrected chi connectivity index (χ4v) is 2.88. The normalized spacial score (nSPS) is 11.3. The van der Waals surface area contributed by atoms with E-state index in [2.05, 4.69) is 10.1 Å². The van der Waals surface area contributed by atoms with Crippen molar-refractivity contribution in [1.29, 1.82) is 0 Å². The minimum atomic E-state index is -1.14. The van der Waals surface area contributed by atoms with Crippen LogP contribution in [0.5, 0.6) is 5.75 Å². The Labute approximate surface area is 143 Å². The molecule has 0 spiro atoms. The van der Waals surface area contributed by atoms with Crippen LogP contribution in [0.3, 0.4) is 0 Å². The molecule has 2 heterocycles. The first-order valence-electron chi connectivity index (χ1n) is 7.81. The highest BCUT2D eigenvalue weighted by Crippen LogP contribution is 2.37. The van der Waals surface area contributed by atoms with Crippen molar-refractivity contribution in [3.8, 4) is 16.9 Å². The van der Waals surface area contributed by atoms with Gasteiger partial charge in [-0.3, -0.25) is 0 Å². The predicted molar refractivity (Wildman–Crippen MR) is 90.7 cm³/mol. The molecule has 3 aromatic rings. The summed E-state index contributed by atoms with van der Waals surface area (Å²) in [7, 11) is 1.45. The number of rotatable bonds is 4. The lowest BCUT2D eigenvalue weighted by Gasteiger charge is -2.11. The molecule has 0 radical (unpaired) electrons. The van der Waals surface area contributed by atoms with Crippen LogP contribution < -0.4 is 4.74 Å². The first kappa shape index (κ1) is 16.9. The fraction of sp³-hybridized carbons (Fsp3) is 0.278. The Bertz CT molecular complexity index is 979. The van der Waals surface area contributed by atoms with Crippen molar-refractivity contribution in [3.63, 3.8) is 0 Å². The Hall–Kier alpha value is -2.96. The van der Waals surface area contributed by atoms with E-state index in [0.29, 0.717) is 28.3 Å². The molecule has 25 heavy (non-hydrogen) atoms. The second kappa shape index (κ2) is 6.16. The molecule has 7 heteroatoms. The summed E-state index contributed by atoms with van der Waals surface area (Å²) >= 11 is 0. The van der Waals surface area contributed by atoms with Crippen molar-refractivity contribution in [2.24, 2.45) is 0 Å². The highest BCUT2D eigenvalue weighted by molar-refractivity contribution is 5.89. The number of carboxylic acids is 1. The number of hydrogen-bond donors (Lipinski definition) is 1. The molecular weight excluding hydrogens is 325 g/mol. The minimum Gasteiger partial charge on any atom is -0.496 e. The van der Waals surface area contributed by atoms with E-state index in [0.717, 1.165) is 0 Å². The summed E-state index contributed by atoms with van der Waals surface area (Å²) in [4.78, 5) is 15.7. The summed E-state index contributed by atoms with van der Waals surface area (Å²) in [6, 6.07) is 6.01. The summed E-state index contributed by atoms with van der Waals surface area (Å²) in [5, 5.41) is 13.8. The smallest absolute Gasteiger partial charge is 0.354 e. The van der Waals surface area contributed by atoms with Gasteiger partial charge in [0.05, 0.1) is 23.9 Å². The molecule has 2 aromatic heterocycles. The molecule has 0 saturated carbocycles. The van der Waals surface area contributed by atoms with Crippen LogP contribution in [0.2, 0.25) is 0 Å². The van der Waals surface area contributed by atoms with E-state index < -0.39 is 11.8 Å². The SMILES string of the molecule is COc1cccc(F)c1-c1c(C)nn2c(C(C)C)cc(C(=O)O)nc12. The second-order valence-electron chi connectivity index (χ2n) is 6.04. The fourth-order valence-electron chi connectivity index (χ4n) is 2.88. The van der Waals surface area contributed by atoms with Gasteiger partial charge in [-0.25, -0.2) is 18.7 Å². The van der Waals surface area contributed by atoms with Crippen molar-refractivity contribution >= 4 is 11.6 Å². The number of nitrogens with zero attached hydrogens (tertiary/aromatic N) is 3. The van der Waals surface area contributed by atoms with Gasteiger partial charge in [0.1, 0.15) is 11.6 Å². The molecule has 0 unspecified atom stereocenters. The number of aromatic carboxylic acids is 1. The Morgan fingerprint density at radius 1 is 1.32 bits per heavy atom. The first-order valence-corrected chi connectivity index (χ1v) is 7.81. The number of methoxy groups -OCH3 is 1. The van der Waals surface area contributed by atoms with Gasteiger partial charge in [-0.05, 0) is 31.0 Å². The van der Waals surface area contributed by atoms with Crippen LogP contribution in [0.1, 0.15) is 41.6 Å². The Morgan fingerprint density at radius 3 is 2.64 bits per heavy atom. The number of fused-ring (bicyclic) bond motifs is 1. The van der Waals surface area contributed by atoms with Crippen molar-refractivity contribution in [1.82, 2.24) is 14.6 Å². The molecule has 0 bridgehead atoms. The van der Waals surface area contributed by atoms with E-state index in [1.807, 2.05) is 13.8 Å². The molecule has 1 N–H and O–H groups in total. The van der Waals surface area contributed by atoms with Crippen molar-refractivity contribution < 1.29 is 19.0 Å². The number of hydrogen-bond acceptors (Lipinski definition) is 4. The van der Waals surface area contributed by atoms with Gasteiger partial charge in [0.2, 0.25) is 0 Å². The minimum absolute atomic E-state index is 0.0123. The maximum atomic E-state index is 14.6. The maximum Gasteiger partial charge on any atom is 0.354 e. The lowest BCUT2D eigenvalue weighted by atomic mass is 10.0. The third kappa shape index (κ3) is 2.71. The van der Waals surface area contributed by atoms with Gasteiger partial charge in [-0.15, -0.1) is 0 Å². The van der Waals surface area contributed by atoms with Gasteiger partial charge < -0.3 is 9.84 Å². The first-order chi connectivity index (χ1) is 11.8. The highest BCUT2D eigenvalue weighted by atomic mass is 19.1. The van der Waals surface area contributed by atoms with Crippen molar-refractivity contribution in [3.05, 3.63) is 47.2 Å². The molecule has 1 aromatic carbocycles. The number of benzene rings is 1. The number of carboxylic acid groups (broad SMARTS) is 1. The molecule has 3 rings (SSSR count). The van der Waals surface area contributed by atoms with Crippen molar-refractivity contribution in [2.75, 3.05) is 7.11 Å². The summed E-state index contributed by atoms with van der Waals surface area (Å²) < 4.78 is 21.4. The molecule has 0 aliphatic rings. The van der Waals surface area contributed by atoms with E-state index in [4.69, 9.17) is 4.74 Å². The summed E-state index contributed by atoms with van der Waals surface area (Å²) in [6.07, 6.45) is 0. The molecule has 0 aliphatic carbocycles. The number of aromatic nitrogens is 3. The van der Waals surface area contributed by atoms with E-state index in [1.165, 1.54) is 19.2 Å². The zero-order chi connectivity index (χ0) is 18.3. The largest absolute Gasteiger partial charge is 0.496 e. The third-order valence-corrected chi connectivity index (χ3v) is 4.05. The molecule has 0 amide bonds. The van der Waals surface area contributed by atoms with E-state index >= 15 is 0 Å². The van der Waals surface area contributed by atoms with Crippen LogP contribution in [0, 0.1) is 12.7 Å². The van der Waals surface area contributed by atoms with Gasteiger partial charge in [0.25, 0.3) is 0 Å². The monoisotopic (exact) mass is 343 g/mol. The average molecular weight is 343 g/mol. The number of carbonyl (C=O) groups is 1. The van der Waals surface area contributed by atoms with Crippen molar-refractivity contribution in [2.45, 2.75) is 26.7 Å². The predicted octanol–water partition coefficient (Wildman–Crippen LogP) is 3.67. The quantitative estimate of drug-likeness (QED) is 0.782. The van der Waals surface area contributed by atoms with E-state index in [1.54, 1.807) is 23.6 Å². The van der Waals surface area contributed by atoms with Gasteiger partial charge in [-0.2, -0.15) is 5.10 Å². The van der Waals surface area contributed by atoms with Crippen LogP contribution in [0.15, 0.2) is 24.3 Å². The number of ether oxygens (including phenoxy) is 1. The molecular formula is C18H18FN3O3. The highest BCUT2D eigenvalue weighted by Gasteiger charge is 2.24. The lowest BCUT2D eigenvalue weighted by molar-refractivity contribution is 0.0690. The van der Waals surface area contributed by atoms with Gasteiger partial charge in [-0.1, -0.05) is 19.9 Å². The van der Waals surface area contributed by atoms with Gasteiger partial charge >= 0.3 is 5.97 Å². The topological polar surface area (TPSA) is 76.7 Å². The molecule has 130 valence electrons. The van der Waals surface area contributed by atoms with Crippen LogP contribution in [-0.4, -0.2) is 32.8 Å². The molecule has 0 fully saturated rings. The second-order valence-corrected chi connectivity index (χ2v) is 6.04. The maximum absolute atomic E-state index is 14.6. The molecule has 6 nitrogen and oxygen atoms in total. The molecule has 0 aliphatic heterocycles. The van der Waals surface area contributed by atoms with Gasteiger partial charge in [0, 0.05) is 5.69 Å². The van der Waals surface area contributed by atoms with Gasteiger partial charge in [0.15, 0.2) is 11.3 Å². The van der Waals surface area contributed by atoms with Crippen LogP contribution in [0.25, 0.3) is 16.8 Å². The zero-order valence-corrected chi connectivity index (χ0v) is 14.4. The lowest BCUT2D eigenvalue weighted by Crippen LogP contribution is -2.09. The average Bonchev–Trinajstić information content (AvgIpc) is 2.89. The molecule has 0 atom stereocenters. The zero-order valence-electron chi connectivity index (χ0n) is 14.4. The Kier molecular flexibility index (Phi) is 4.16. The molecule has 0 saturated heterocycles. The van der Waals surface area contributed by atoms with Crippen LogP contribution >= 0.6 is 0 Å². The summed E-state index contributed by atoms with van der Waals surface area (Å²) in [5.41, 5.74) is 2.08. The summed E-state index contributed by atoms with van der Waals surface area (Å²) in [6.45, 7) is 5.60. The van der Waals surface area contributed by atoms with E-state index in [9.17, 15) is 14.3 Å². The van der Waals surface area contributed by atoms with Crippen LogP contribution in [0.4, 0.5) is 4.39 Å². The van der Waals surface area contributed by atoms with E-state index in [-0.39, 0.29) is 17.2 Å². The summed E-state index contributed by atoms with van der Waals surface area (Å²) in [5.74, 6) is -1.27.